The van der Waals surface area contributed by atoms with Crippen LogP contribution in [0.2, 0.25) is 0 Å². The Hall–Kier alpha value is -3.44. The summed E-state index contributed by atoms with van der Waals surface area (Å²) in [5.74, 6) is 0.982. The minimum atomic E-state index is -0.0338. The van der Waals surface area contributed by atoms with Gasteiger partial charge in [0.2, 0.25) is 5.88 Å². The van der Waals surface area contributed by atoms with Crippen LogP contribution in [0.15, 0.2) is 85.1 Å². The Morgan fingerprint density at radius 1 is 0.900 bits per heavy atom. The van der Waals surface area contributed by atoms with E-state index in [9.17, 15) is 4.79 Å². The lowest BCUT2D eigenvalue weighted by atomic mass is 10.2. The highest BCUT2D eigenvalue weighted by atomic mass is 16.5. The summed E-state index contributed by atoms with van der Waals surface area (Å²) in [6.45, 7) is 3.96. The molecule has 5 heteroatoms. The first-order valence-electron chi connectivity index (χ1n) is 10.2. The fraction of sp³-hybridized carbons (Fsp3) is 0.200. The molecular formula is C25H25N3O2. The lowest BCUT2D eigenvalue weighted by Crippen LogP contribution is -2.48. The minimum absolute atomic E-state index is 0.0338. The zero-order valence-electron chi connectivity index (χ0n) is 16.9. The molecule has 2 aromatic carbocycles. The van der Waals surface area contributed by atoms with E-state index in [1.807, 2.05) is 53.4 Å². The van der Waals surface area contributed by atoms with Gasteiger partial charge in [-0.25, -0.2) is 4.98 Å². The summed E-state index contributed by atoms with van der Waals surface area (Å²) in [6.07, 6.45) is 5.96. The van der Waals surface area contributed by atoms with Crippen LogP contribution in [0, 0.1) is 0 Å². The van der Waals surface area contributed by atoms with Crippen LogP contribution in [-0.2, 0) is 0 Å². The van der Waals surface area contributed by atoms with Crippen LogP contribution in [-0.4, -0.2) is 53.4 Å². The first-order valence-corrected chi connectivity index (χ1v) is 10.2. The van der Waals surface area contributed by atoms with E-state index >= 15 is 0 Å². The molecule has 1 amide bonds. The number of amides is 1. The molecule has 0 bridgehead atoms. The number of hydrogen-bond donors (Lipinski definition) is 0. The first-order chi connectivity index (χ1) is 14.8. The van der Waals surface area contributed by atoms with Crippen molar-refractivity contribution >= 4 is 12.0 Å². The van der Waals surface area contributed by atoms with Crippen molar-refractivity contribution in [3.63, 3.8) is 0 Å². The first kappa shape index (κ1) is 19.9. The molecule has 1 aliphatic heterocycles. The van der Waals surface area contributed by atoms with E-state index in [2.05, 4.69) is 34.2 Å². The number of ether oxygens (including phenoxy) is 1. The van der Waals surface area contributed by atoms with Crippen LogP contribution in [0.4, 0.5) is 0 Å². The Morgan fingerprint density at radius 3 is 2.33 bits per heavy atom. The Bertz CT molecular complexity index is 982. The number of piperazine rings is 1. The SMILES string of the molecule is O=C(c1cccnc1Oc1ccccc1)N1CCN(CC=Cc2ccccc2)CC1. The zero-order valence-corrected chi connectivity index (χ0v) is 16.9. The molecule has 0 unspecified atom stereocenters. The van der Waals surface area contributed by atoms with Gasteiger partial charge in [-0.15, -0.1) is 0 Å². The maximum atomic E-state index is 13.1. The summed E-state index contributed by atoms with van der Waals surface area (Å²) in [5.41, 5.74) is 1.70. The molecule has 1 aliphatic rings. The lowest BCUT2D eigenvalue weighted by Gasteiger charge is -2.34. The predicted octanol–water partition coefficient (Wildman–Crippen LogP) is 4.35. The van der Waals surface area contributed by atoms with E-state index in [0.29, 0.717) is 30.3 Å². The number of para-hydroxylation sites is 1. The number of nitrogens with zero attached hydrogens (tertiary/aromatic N) is 3. The average Bonchev–Trinajstić information content (AvgIpc) is 2.81. The topological polar surface area (TPSA) is 45.7 Å². The van der Waals surface area contributed by atoms with Crippen molar-refractivity contribution in [1.82, 2.24) is 14.8 Å². The molecule has 4 rings (SSSR count). The molecule has 1 fully saturated rings. The van der Waals surface area contributed by atoms with Crippen LogP contribution in [0.3, 0.4) is 0 Å². The van der Waals surface area contributed by atoms with Gasteiger partial charge in [0, 0.05) is 38.9 Å². The molecule has 0 spiro atoms. The van der Waals surface area contributed by atoms with Gasteiger partial charge in [-0.2, -0.15) is 0 Å². The quantitative estimate of drug-likeness (QED) is 0.618. The molecular weight excluding hydrogens is 374 g/mol. The molecule has 30 heavy (non-hydrogen) atoms. The van der Waals surface area contributed by atoms with Gasteiger partial charge in [0.05, 0.1) is 0 Å². The molecule has 0 saturated carbocycles. The molecule has 1 aromatic heterocycles. The highest BCUT2D eigenvalue weighted by molar-refractivity contribution is 5.96. The van der Waals surface area contributed by atoms with Crippen LogP contribution < -0.4 is 4.74 Å². The molecule has 5 nitrogen and oxygen atoms in total. The van der Waals surface area contributed by atoms with Gasteiger partial charge >= 0.3 is 0 Å². The molecule has 2 heterocycles. The molecule has 0 aliphatic carbocycles. The molecule has 0 radical (unpaired) electrons. The third-order valence-corrected chi connectivity index (χ3v) is 5.09. The van der Waals surface area contributed by atoms with E-state index in [-0.39, 0.29) is 5.91 Å². The molecule has 3 aromatic rings. The second-order valence-electron chi connectivity index (χ2n) is 7.18. The number of pyridine rings is 1. The van der Waals surface area contributed by atoms with E-state index in [1.165, 1.54) is 5.56 Å². The smallest absolute Gasteiger partial charge is 0.259 e. The zero-order chi connectivity index (χ0) is 20.6. The maximum Gasteiger partial charge on any atom is 0.259 e. The standard InChI is InChI=1S/C25H25N3O2/c29-25(23-14-7-15-26-24(23)30-22-12-5-2-6-13-22)28-19-17-27(18-20-28)16-8-11-21-9-3-1-4-10-21/h1-15H,16-20H2. The predicted molar refractivity (Wildman–Crippen MR) is 119 cm³/mol. The summed E-state index contributed by atoms with van der Waals surface area (Å²) in [5, 5.41) is 0. The third-order valence-electron chi connectivity index (χ3n) is 5.09. The Kier molecular flexibility index (Phi) is 6.52. The van der Waals surface area contributed by atoms with Crippen LogP contribution in [0.5, 0.6) is 11.6 Å². The molecule has 1 saturated heterocycles. The second kappa shape index (κ2) is 9.85. The van der Waals surface area contributed by atoms with Gasteiger partial charge in [0.15, 0.2) is 0 Å². The van der Waals surface area contributed by atoms with Gasteiger partial charge in [-0.3, -0.25) is 9.69 Å². The Morgan fingerprint density at radius 2 is 1.60 bits per heavy atom. The van der Waals surface area contributed by atoms with Crippen LogP contribution >= 0.6 is 0 Å². The van der Waals surface area contributed by atoms with Gasteiger partial charge in [-0.05, 0) is 29.8 Å². The van der Waals surface area contributed by atoms with Crippen molar-refractivity contribution < 1.29 is 9.53 Å². The average molecular weight is 399 g/mol. The van der Waals surface area contributed by atoms with Crippen molar-refractivity contribution in [3.05, 3.63) is 96.2 Å². The Balaban J connectivity index is 1.34. The van der Waals surface area contributed by atoms with Crippen LogP contribution in [0.25, 0.3) is 6.08 Å². The number of aromatic nitrogens is 1. The third kappa shape index (κ3) is 5.13. The van der Waals surface area contributed by atoms with Crippen molar-refractivity contribution in [2.24, 2.45) is 0 Å². The lowest BCUT2D eigenvalue weighted by molar-refractivity contribution is 0.0647. The molecule has 152 valence electrons. The number of benzene rings is 2. The van der Waals surface area contributed by atoms with Crippen LogP contribution in [0.1, 0.15) is 15.9 Å². The largest absolute Gasteiger partial charge is 0.438 e. The fourth-order valence-corrected chi connectivity index (χ4v) is 3.44. The van der Waals surface area contributed by atoms with Gasteiger partial charge in [0.1, 0.15) is 11.3 Å². The van der Waals surface area contributed by atoms with Crippen molar-refractivity contribution in [3.8, 4) is 11.6 Å². The van der Waals surface area contributed by atoms with Gasteiger partial charge in [0.25, 0.3) is 5.91 Å². The number of carbonyl (C=O) groups is 1. The highest BCUT2D eigenvalue weighted by Gasteiger charge is 2.24. The summed E-state index contributed by atoms with van der Waals surface area (Å²) < 4.78 is 5.86. The van der Waals surface area contributed by atoms with E-state index in [4.69, 9.17) is 4.74 Å². The summed E-state index contributed by atoms with van der Waals surface area (Å²) in [7, 11) is 0. The Labute approximate surface area is 177 Å². The number of carbonyl (C=O) groups excluding carboxylic acids is 1. The van der Waals surface area contributed by atoms with E-state index in [0.717, 1.165) is 19.6 Å². The monoisotopic (exact) mass is 399 g/mol. The molecule has 0 atom stereocenters. The number of rotatable bonds is 6. The second-order valence-corrected chi connectivity index (χ2v) is 7.18. The van der Waals surface area contributed by atoms with E-state index in [1.54, 1.807) is 18.3 Å². The maximum absolute atomic E-state index is 13.1. The van der Waals surface area contributed by atoms with E-state index < -0.39 is 0 Å². The normalized spacial score (nSPS) is 14.7. The molecule has 0 N–H and O–H groups in total. The van der Waals surface area contributed by atoms with Gasteiger partial charge < -0.3 is 9.64 Å². The number of hydrogen-bond acceptors (Lipinski definition) is 4. The summed E-state index contributed by atoms with van der Waals surface area (Å²) in [6, 6.07) is 23.3. The van der Waals surface area contributed by atoms with Gasteiger partial charge in [-0.1, -0.05) is 60.7 Å². The van der Waals surface area contributed by atoms with Crippen molar-refractivity contribution in [2.45, 2.75) is 0 Å². The fourth-order valence-electron chi connectivity index (χ4n) is 3.44. The summed E-state index contributed by atoms with van der Waals surface area (Å²) in [4.78, 5) is 21.6. The van der Waals surface area contributed by atoms with Crippen molar-refractivity contribution in [1.29, 1.82) is 0 Å². The highest BCUT2D eigenvalue weighted by Crippen LogP contribution is 2.24. The summed E-state index contributed by atoms with van der Waals surface area (Å²) >= 11 is 0. The van der Waals surface area contributed by atoms with Crippen molar-refractivity contribution in [2.75, 3.05) is 32.7 Å². The minimum Gasteiger partial charge on any atom is -0.438 e.